The van der Waals surface area contributed by atoms with Gasteiger partial charge in [0.25, 0.3) is 5.56 Å². The summed E-state index contributed by atoms with van der Waals surface area (Å²) < 4.78 is 1.45. The van der Waals surface area contributed by atoms with E-state index in [0.29, 0.717) is 13.1 Å². The van der Waals surface area contributed by atoms with Gasteiger partial charge >= 0.3 is 0 Å². The Balaban J connectivity index is 2.48. The maximum absolute atomic E-state index is 11.4. The average Bonchev–Trinajstić information content (AvgIpc) is 2.39. The largest absolute Gasteiger partial charge is 0.326 e. The van der Waals surface area contributed by atoms with Crippen LogP contribution in [0.4, 0.5) is 0 Å². The van der Waals surface area contributed by atoms with E-state index in [9.17, 15) is 4.79 Å². The van der Waals surface area contributed by atoms with Crippen molar-refractivity contribution in [2.75, 3.05) is 0 Å². The van der Waals surface area contributed by atoms with E-state index in [4.69, 9.17) is 5.73 Å². The number of rotatable bonds is 3. The molecule has 17 heavy (non-hydrogen) atoms. The zero-order valence-corrected chi connectivity index (χ0v) is 9.76. The first-order valence-electron chi connectivity index (χ1n) is 5.62. The van der Waals surface area contributed by atoms with Crippen LogP contribution in [0.1, 0.15) is 12.5 Å². The van der Waals surface area contributed by atoms with Crippen LogP contribution in [0.3, 0.4) is 0 Å². The van der Waals surface area contributed by atoms with Gasteiger partial charge in [-0.05, 0) is 24.6 Å². The van der Waals surface area contributed by atoms with Crippen LogP contribution in [-0.4, -0.2) is 9.78 Å². The Hall–Kier alpha value is -1.94. The SMILES string of the molecule is CCn1nc(-c2cccc(CN)c2)ccc1=O. The molecule has 0 aliphatic heterocycles. The van der Waals surface area contributed by atoms with Crippen LogP contribution < -0.4 is 11.3 Å². The molecule has 1 aromatic heterocycles. The summed E-state index contributed by atoms with van der Waals surface area (Å²) in [4.78, 5) is 11.4. The van der Waals surface area contributed by atoms with Crippen LogP contribution >= 0.6 is 0 Å². The molecule has 88 valence electrons. The third-order valence-electron chi connectivity index (χ3n) is 2.62. The highest BCUT2D eigenvalue weighted by atomic mass is 16.1. The molecule has 0 radical (unpaired) electrons. The second-order valence-corrected chi connectivity index (χ2v) is 3.78. The van der Waals surface area contributed by atoms with E-state index in [1.807, 2.05) is 31.2 Å². The fraction of sp³-hybridized carbons (Fsp3) is 0.231. The van der Waals surface area contributed by atoms with Gasteiger partial charge in [-0.1, -0.05) is 18.2 Å². The molecule has 4 heteroatoms. The molecular formula is C13H15N3O. The molecular weight excluding hydrogens is 214 g/mol. The highest BCUT2D eigenvalue weighted by Crippen LogP contribution is 2.16. The minimum atomic E-state index is -0.0776. The molecule has 2 aromatic rings. The van der Waals surface area contributed by atoms with Crippen molar-refractivity contribution >= 4 is 0 Å². The first kappa shape index (κ1) is 11.5. The number of nitrogens with two attached hydrogens (primary N) is 1. The van der Waals surface area contributed by atoms with Crippen LogP contribution in [-0.2, 0) is 13.1 Å². The normalized spacial score (nSPS) is 10.5. The topological polar surface area (TPSA) is 60.9 Å². The third kappa shape index (κ3) is 2.42. The fourth-order valence-electron chi connectivity index (χ4n) is 1.69. The van der Waals surface area contributed by atoms with Gasteiger partial charge in [-0.3, -0.25) is 4.79 Å². The van der Waals surface area contributed by atoms with Crippen molar-refractivity contribution < 1.29 is 0 Å². The minimum Gasteiger partial charge on any atom is -0.326 e. The Labute approximate surface area is 99.7 Å². The molecule has 0 atom stereocenters. The highest BCUT2D eigenvalue weighted by molar-refractivity contribution is 5.59. The van der Waals surface area contributed by atoms with E-state index in [2.05, 4.69) is 5.10 Å². The molecule has 0 unspecified atom stereocenters. The summed E-state index contributed by atoms with van der Waals surface area (Å²) in [6.07, 6.45) is 0. The van der Waals surface area contributed by atoms with Gasteiger partial charge in [0, 0.05) is 24.7 Å². The van der Waals surface area contributed by atoms with Gasteiger partial charge in [-0.25, -0.2) is 4.68 Å². The maximum Gasteiger partial charge on any atom is 0.266 e. The summed E-state index contributed by atoms with van der Waals surface area (Å²) in [5.41, 5.74) is 8.35. The Morgan fingerprint density at radius 2 is 2.12 bits per heavy atom. The molecule has 2 rings (SSSR count). The Morgan fingerprint density at radius 1 is 1.29 bits per heavy atom. The van der Waals surface area contributed by atoms with E-state index >= 15 is 0 Å². The van der Waals surface area contributed by atoms with Crippen molar-refractivity contribution in [2.24, 2.45) is 5.73 Å². The molecule has 0 spiro atoms. The van der Waals surface area contributed by atoms with Gasteiger partial charge in [-0.15, -0.1) is 0 Å². The number of aryl methyl sites for hydroxylation is 1. The fourth-order valence-corrected chi connectivity index (χ4v) is 1.69. The van der Waals surface area contributed by atoms with E-state index in [1.54, 1.807) is 12.1 Å². The lowest BCUT2D eigenvalue weighted by Gasteiger charge is -2.05. The second kappa shape index (κ2) is 4.93. The van der Waals surface area contributed by atoms with Crippen LogP contribution in [0.15, 0.2) is 41.2 Å². The standard InChI is InChI=1S/C13H15N3O/c1-2-16-13(17)7-6-12(15-16)11-5-3-4-10(8-11)9-14/h3-8H,2,9,14H2,1H3. The van der Waals surface area contributed by atoms with Crippen LogP contribution in [0.25, 0.3) is 11.3 Å². The Kier molecular flexibility index (Phi) is 3.35. The van der Waals surface area contributed by atoms with E-state index in [-0.39, 0.29) is 5.56 Å². The molecule has 0 aliphatic rings. The molecule has 0 saturated heterocycles. The molecule has 0 fully saturated rings. The first-order valence-corrected chi connectivity index (χ1v) is 5.62. The lowest BCUT2D eigenvalue weighted by Crippen LogP contribution is -2.21. The van der Waals surface area contributed by atoms with E-state index in [1.165, 1.54) is 4.68 Å². The quantitative estimate of drug-likeness (QED) is 0.865. The minimum absolute atomic E-state index is 0.0776. The predicted octanol–water partition coefficient (Wildman–Crippen LogP) is 1.39. The van der Waals surface area contributed by atoms with Crippen LogP contribution in [0.2, 0.25) is 0 Å². The molecule has 0 bridgehead atoms. The van der Waals surface area contributed by atoms with Crippen molar-refractivity contribution in [1.29, 1.82) is 0 Å². The number of hydrogen-bond acceptors (Lipinski definition) is 3. The van der Waals surface area contributed by atoms with Crippen LogP contribution in [0.5, 0.6) is 0 Å². The molecule has 1 aromatic carbocycles. The monoisotopic (exact) mass is 229 g/mol. The van der Waals surface area contributed by atoms with Crippen molar-refractivity contribution in [1.82, 2.24) is 9.78 Å². The summed E-state index contributed by atoms with van der Waals surface area (Å²) in [6, 6.07) is 11.2. The number of hydrogen-bond donors (Lipinski definition) is 1. The summed E-state index contributed by atoms with van der Waals surface area (Å²) in [5.74, 6) is 0. The van der Waals surface area contributed by atoms with Crippen LogP contribution in [0, 0.1) is 0 Å². The number of nitrogens with zero attached hydrogens (tertiary/aromatic N) is 2. The first-order chi connectivity index (χ1) is 8.24. The van der Waals surface area contributed by atoms with E-state index < -0.39 is 0 Å². The van der Waals surface area contributed by atoms with Gasteiger partial charge in [0.2, 0.25) is 0 Å². The molecule has 2 N–H and O–H groups in total. The number of benzene rings is 1. The number of aromatic nitrogens is 2. The summed E-state index contributed by atoms with van der Waals surface area (Å²) in [6.45, 7) is 2.97. The molecule has 0 amide bonds. The molecule has 0 saturated carbocycles. The predicted molar refractivity (Wildman–Crippen MR) is 67.5 cm³/mol. The maximum atomic E-state index is 11.4. The zero-order valence-electron chi connectivity index (χ0n) is 9.76. The van der Waals surface area contributed by atoms with Gasteiger partial charge < -0.3 is 5.73 Å². The van der Waals surface area contributed by atoms with Crippen molar-refractivity contribution in [3.05, 3.63) is 52.3 Å². The van der Waals surface area contributed by atoms with Gasteiger partial charge in [0.05, 0.1) is 5.69 Å². The average molecular weight is 229 g/mol. The molecule has 4 nitrogen and oxygen atoms in total. The van der Waals surface area contributed by atoms with Crippen molar-refractivity contribution in [3.63, 3.8) is 0 Å². The zero-order chi connectivity index (χ0) is 12.3. The van der Waals surface area contributed by atoms with Gasteiger partial charge in [0.15, 0.2) is 0 Å². The smallest absolute Gasteiger partial charge is 0.266 e. The third-order valence-corrected chi connectivity index (χ3v) is 2.62. The van der Waals surface area contributed by atoms with Crippen molar-refractivity contribution in [2.45, 2.75) is 20.0 Å². The van der Waals surface area contributed by atoms with Gasteiger partial charge in [0.1, 0.15) is 0 Å². The Morgan fingerprint density at radius 3 is 2.82 bits per heavy atom. The van der Waals surface area contributed by atoms with Gasteiger partial charge in [-0.2, -0.15) is 5.10 Å². The summed E-state index contributed by atoms with van der Waals surface area (Å²) >= 11 is 0. The molecule has 0 aliphatic carbocycles. The molecule has 1 heterocycles. The summed E-state index contributed by atoms with van der Waals surface area (Å²) in [5, 5.41) is 4.30. The highest BCUT2D eigenvalue weighted by Gasteiger charge is 2.02. The second-order valence-electron chi connectivity index (χ2n) is 3.78. The van der Waals surface area contributed by atoms with E-state index in [0.717, 1.165) is 16.8 Å². The lowest BCUT2D eigenvalue weighted by atomic mass is 10.1. The lowest BCUT2D eigenvalue weighted by molar-refractivity contribution is 0.619. The Bertz CT molecular complexity index is 575. The van der Waals surface area contributed by atoms with Crippen molar-refractivity contribution in [3.8, 4) is 11.3 Å². The summed E-state index contributed by atoms with van der Waals surface area (Å²) in [7, 11) is 0.